The molecule has 4 aromatic rings. The second-order valence-electron chi connectivity index (χ2n) is 9.33. The molecule has 0 radical (unpaired) electrons. The summed E-state index contributed by atoms with van der Waals surface area (Å²) in [6, 6.07) is 15.4. The van der Waals surface area contributed by atoms with Crippen LogP contribution in [0.5, 0.6) is 11.5 Å². The minimum Gasteiger partial charge on any atom is -0.508 e. The highest BCUT2D eigenvalue weighted by Crippen LogP contribution is 2.37. The zero-order chi connectivity index (χ0) is 26.9. The first kappa shape index (κ1) is 26.6. The van der Waals surface area contributed by atoms with Gasteiger partial charge in [0.1, 0.15) is 23.7 Å². The minimum atomic E-state index is -4.49. The van der Waals surface area contributed by atoms with Crippen LogP contribution in [0.25, 0.3) is 22.1 Å². The Bertz CT molecular complexity index is 1510. The number of fused-ring (bicyclic) bond motifs is 1. The van der Waals surface area contributed by atoms with Gasteiger partial charge < -0.3 is 14.3 Å². The van der Waals surface area contributed by atoms with Gasteiger partial charge in [0.15, 0.2) is 0 Å². The molecule has 5 rings (SSSR count). The Kier molecular flexibility index (Phi) is 7.67. The van der Waals surface area contributed by atoms with Crippen molar-refractivity contribution in [1.29, 1.82) is 0 Å². The first-order valence-corrected chi connectivity index (χ1v) is 13.4. The van der Waals surface area contributed by atoms with Crippen molar-refractivity contribution < 1.29 is 27.4 Å². The van der Waals surface area contributed by atoms with Crippen LogP contribution in [0.15, 0.2) is 69.9 Å². The van der Waals surface area contributed by atoms with E-state index in [0.717, 1.165) is 43.1 Å². The summed E-state index contributed by atoms with van der Waals surface area (Å²) in [5.74, 6) is 0.687. The molecule has 0 saturated carbocycles. The molecule has 9 heteroatoms. The summed E-state index contributed by atoms with van der Waals surface area (Å²) in [6.45, 7) is 3.71. The molecule has 0 bridgehead atoms. The Balaban J connectivity index is 1.49. The fourth-order valence-corrected chi connectivity index (χ4v) is 5.60. The Hall–Kier alpha value is -3.05. The Labute approximate surface area is 231 Å². The number of nitrogens with zero attached hydrogens (tertiary/aromatic N) is 1. The van der Waals surface area contributed by atoms with Crippen LogP contribution in [0.1, 0.15) is 29.5 Å². The molecule has 1 aliphatic heterocycles. The van der Waals surface area contributed by atoms with Gasteiger partial charge in [-0.05, 0) is 102 Å². The lowest BCUT2D eigenvalue weighted by Crippen LogP contribution is -2.25. The first-order chi connectivity index (χ1) is 18.2. The van der Waals surface area contributed by atoms with Gasteiger partial charge in [-0.15, -0.1) is 0 Å². The van der Waals surface area contributed by atoms with E-state index in [1.165, 1.54) is 31.0 Å². The van der Waals surface area contributed by atoms with Crippen LogP contribution in [-0.2, 0) is 12.6 Å². The van der Waals surface area contributed by atoms with E-state index in [0.29, 0.717) is 29.5 Å². The zero-order valence-corrected chi connectivity index (χ0v) is 22.5. The van der Waals surface area contributed by atoms with Crippen LogP contribution in [0, 0.1) is 3.57 Å². The number of benzene rings is 3. The van der Waals surface area contributed by atoms with Gasteiger partial charge in [0, 0.05) is 27.1 Å². The van der Waals surface area contributed by atoms with Crippen LogP contribution in [0.4, 0.5) is 13.2 Å². The molecule has 1 aliphatic rings. The van der Waals surface area contributed by atoms with Crippen molar-refractivity contribution in [3.05, 3.63) is 91.3 Å². The van der Waals surface area contributed by atoms with E-state index in [1.807, 2.05) is 46.9 Å². The normalized spacial score (nSPS) is 14.3. The summed E-state index contributed by atoms with van der Waals surface area (Å²) in [4.78, 5) is 15.6. The second-order valence-corrected chi connectivity index (χ2v) is 10.5. The molecular weight excluding hydrogens is 610 g/mol. The monoisotopic (exact) mass is 635 g/mol. The molecule has 5 nitrogen and oxygen atoms in total. The Morgan fingerprint density at radius 3 is 2.42 bits per heavy atom. The SMILES string of the molecule is O=c1oc2cc(O)ccc2c(Cc2ccc(OCCN3CCCC3)cc2)c1-c1ccc(C(F)(F)F)cc1I. The smallest absolute Gasteiger partial charge is 0.416 e. The molecule has 1 N–H and O–H groups in total. The lowest BCUT2D eigenvalue weighted by Gasteiger charge is -2.16. The lowest BCUT2D eigenvalue weighted by atomic mass is 9.93. The van der Waals surface area contributed by atoms with E-state index in [9.17, 15) is 23.1 Å². The third-order valence-electron chi connectivity index (χ3n) is 6.74. The first-order valence-electron chi connectivity index (χ1n) is 12.3. The van der Waals surface area contributed by atoms with E-state index in [4.69, 9.17) is 9.15 Å². The Morgan fingerprint density at radius 2 is 1.74 bits per heavy atom. The third kappa shape index (κ3) is 5.83. The summed E-state index contributed by atoms with van der Waals surface area (Å²) < 4.78 is 51.5. The van der Waals surface area contributed by atoms with Gasteiger partial charge in [-0.3, -0.25) is 4.90 Å². The average molecular weight is 635 g/mol. The molecular formula is C29H25F3INO4. The highest BCUT2D eigenvalue weighted by atomic mass is 127. The third-order valence-corrected chi connectivity index (χ3v) is 7.64. The lowest BCUT2D eigenvalue weighted by molar-refractivity contribution is -0.137. The Morgan fingerprint density at radius 1 is 1.00 bits per heavy atom. The molecule has 38 heavy (non-hydrogen) atoms. The minimum absolute atomic E-state index is 0.0566. The maximum atomic E-state index is 13.3. The van der Waals surface area contributed by atoms with Gasteiger partial charge in [0.05, 0.1) is 11.1 Å². The predicted octanol–water partition coefficient (Wildman–Crippen LogP) is 6.85. The molecule has 2 heterocycles. The van der Waals surface area contributed by atoms with Gasteiger partial charge in [0.25, 0.3) is 0 Å². The van der Waals surface area contributed by atoms with Gasteiger partial charge >= 0.3 is 11.8 Å². The topological polar surface area (TPSA) is 62.9 Å². The van der Waals surface area contributed by atoms with Crippen LogP contribution >= 0.6 is 22.6 Å². The number of ether oxygens (including phenoxy) is 1. The largest absolute Gasteiger partial charge is 0.508 e. The molecule has 0 atom stereocenters. The molecule has 3 aromatic carbocycles. The predicted molar refractivity (Wildman–Crippen MR) is 148 cm³/mol. The van der Waals surface area contributed by atoms with E-state index < -0.39 is 17.4 Å². The molecule has 1 fully saturated rings. The molecule has 0 aliphatic carbocycles. The number of aromatic hydroxyl groups is 1. The summed E-state index contributed by atoms with van der Waals surface area (Å²) in [5, 5.41) is 10.5. The van der Waals surface area contributed by atoms with Crippen molar-refractivity contribution in [3.8, 4) is 22.6 Å². The van der Waals surface area contributed by atoms with Gasteiger partial charge in [-0.2, -0.15) is 13.2 Å². The van der Waals surface area contributed by atoms with Crippen LogP contribution < -0.4 is 10.4 Å². The molecule has 0 unspecified atom stereocenters. The van der Waals surface area contributed by atoms with Crippen LogP contribution in [0.2, 0.25) is 0 Å². The van der Waals surface area contributed by atoms with Gasteiger partial charge in [-0.25, -0.2) is 4.79 Å². The summed E-state index contributed by atoms with van der Waals surface area (Å²) in [7, 11) is 0. The number of alkyl halides is 3. The van der Waals surface area contributed by atoms with Crippen molar-refractivity contribution in [1.82, 2.24) is 4.90 Å². The van der Waals surface area contributed by atoms with E-state index >= 15 is 0 Å². The summed E-state index contributed by atoms with van der Waals surface area (Å²) in [6.07, 6.45) is -1.71. The fraction of sp³-hybridized carbons (Fsp3) is 0.276. The number of phenolic OH excluding ortho intramolecular Hbond substituents is 1. The fourth-order valence-electron chi connectivity index (χ4n) is 4.81. The number of hydrogen-bond donors (Lipinski definition) is 1. The van der Waals surface area contributed by atoms with E-state index in [1.54, 1.807) is 6.07 Å². The number of halogens is 4. The zero-order valence-electron chi connectivity index (χ0n) is 20.4. The van der Waals surface area contributed by atoms with Crippen molar-refractivity contribution in [3.63, 3.8) is 0 Å². The number of hydrogen-bond acceptors (Lipinski definition) is 5. The van der Waals surface area contributed by atoms with Gasteiger partial charge in [0.2, 0.25) is 0 Å². The number of likely N-dealkylation sites (tertiary alicyclic amines) is 1. The standard InChI is InChI=1S/C29H25F3INO4/c30-29(31,32)19-5-9-23(25(33)16-19)27-24(22-10-6-20(35)17-26(22)38-28(27)36)15-18-3-7-21(8-4-18)37-14-13-34-11-1-2-12-34/h3-10,16-17,35H,1-2,11-15H2. The van der Waals surface area contributed by atoms with Crippen molar-refractivity contribution in [2.24, 2.45) is 0 Å². The maximum absolute atomic E-state index is 13.3. The van der Waals surface area contributed by atoms with E-state index in [-0.39, 0.29) is 20.5 Å². The molecule has 1 aromatic heterocycles. The van der Waals surface area contributed by atoms with Gasteiger partial charge in [-0.1, -0.05) is 18.2 Å². The van der Waals surface area contributed by atoms with E-state index in [2.05, 4.69) is 4.90 Å². The van der Waals surface area contributed by atoms with Crippen LogP contribution in [0.3, 0.4) is 0 Å². The molecule has 1 saturated heterocycles. The summed E-state index contributed by atoms with van der Waals surface area (Å²) >= 11 is 1.81. The molecule has 198 valence electrons. The van der Waals surface area contributed by atoms with Crippen molar-refractivity contribution >= 4 is 33.6 Å². The quantitative estimate of drug-likeness (QED) is 0.178. The molecule has 0 amide bonds. The summed E-state index contributed by atoms with van der Waals surface area (Å²) in [5.41, 5.74) is 0.793. The average Bonchev–Trinajstić information content (AvgIpc) is 3.38. The van der Waals surface area contributed by atoms with Crippen LogP contribution in [-0.4, -0.2) is 36.2 Å². The highest BCUT2D eigenvalue weighted by Gasteiger charge is 2.31. The second kappa shape index (κ2) is 11.0. The number of rotatable bonds is 7. The molecule has 0 spiro atoms. The number of phenols is 1. The highest BCUT2D eigenvalue weighted by molar-refractivity contribution is 14.1. The van der Waals surface area contributed by atoms with Crippen molar-refractivity contribution in [2.75, 3.05) is 26.2 Å². The maximum Gasteiger partial charge on any atom is 0.416 e. The van der Waals surface area contributed by atoms with Crippen molar-refractivity contribution in [2.45, 2.75) is 25.4 Å².